The van der Waals surface area contributed by atoms with E-state index < -0.39 is 0 Å². The fourth-order valence-electron chi connectivity index (χ4n) is 4.31. The molecule has 0 bridgehead atoms. The minimum absolute atomic E-state index is 0.0195. The van der Waals surface area contributed by atoms with Crippen molar-refractivity contribution in [3.05, 3.63) is 35.5 Å². The molecule has 2 aliphatic heterocycles. The monoisotopic (exact) mass is 270 g/mol. The SMILES string of the molecule is C[C@@]1(CO)CCCN2CCc3c([nH]c4ccccc34)[C@H]21. The van der Waals surface area contributed by atoms with Crippen LogP contribution in [-0.4, -0.2) is 34.7 Å². The molecule has 3 heteroatoms. The number of aliphatic hydroxyl groups is 1. The summed E-state index contributed by atoms with van der Waals surface area (Å²) < 4.78 is 0. The number of aromatic nitrogens is 1. The van der Waals surface area contributed by atoms with E-state index in [-0.39, 0.29) is 12.0 Å². The summed E-state index contributed by atoms with van der Waals surface area (Å²) in [6.07, 6.45) is 3.43. The summed E-state index contributed by atoms with van der Waals surface area (Å²) in [6, 6.07) is 8.94. The molecule has 0 saturated carbocycles. The Morgan fingerprint density at radius 3 is 3.05 bits per heavy atom. The van der Waals surface area contributed by atoms with Crippen molar-refractivity contribution in [3.63, 3.8) is 0 Å². The van der Waals surface area contributed by atoms with Crippen LogP contribution < -0.4 is 0 Å². The normalized spacial score (nSPS) is 30.2. The van der Waals surface area contributed by atoms with Crippen LogP contribution in [0.2, 0.25) is 0 Å². The predicted octanol–water partition coefficient (Wildman–Crippen LogP) is 2.86. The molecule has 1 aromatic heterocycles. The van der Waals surface area contributed by atoms with E-state index in [1.807, 2.05) is 0 Å². The zero-order valence-electron chi connectivity index (χ0n) is 12.0. The molecule has 1 aromatic carbocycles. The Hall–Kier alpha value is -1.32. The third-order valence-electron chi connectivity index (χ3n) is 5.35. The third-order valence-corrected chi connectivity index (χ3v) is 5.35. The summed E-state index contributed by atoms with van der Waals surface area (Å²) >= 11 is 0. The van der Waals surface area contributed by atoms with Gasteiger partial charge in [-0.3, -0.25) is 4.90 Å². The Balaban J connectivity index is 1.91. The third kappa shape index (κ3) is 1.60. The van der Waals surface area contributed by atoms with Gasteiger partial charge in [0.05, 0.1) is 12.6 Å². The lowest BCUT2D eigenvalue weighted by atomic mass is 9.71. The van der Waals surface area contributed by atoms with Crippen molar-refractivity contribution in [1.82, 2.24) is 9.88 Å². The van der Waals surface area contributed by atoms with Gasteiger partial charge in [-0.15, -0.1) is 0 Å². The van der Waals surface area contributed by atoms with Crippen LogP contribution >= 0.6 is 0 Å². The van der Waals surface area contributed by atoms with E-state index in [2.05, 4.69) is 41.1 Å². The summed E-state index contributed by atoms with van der Waals surface area (Å²) in [5, 5.41) is 11.3. The minimum atomic E-state index is -0.0195. The lowest BCUT2D eigenvalue weighted by molar-refractivity contribution is -0.0227. The number of piperidine rings is 1. The predicted molar refractivity (Wildman–Crippen MR) is 80.7 cm³/mol. The molecule has 0 amide bonds. The molecule has 4 rings (SSSR count). The topological polar surface area (TPSA) is 39.3 Å². The molecule has 106 valence electrons. The highest BCUT2D eigenvalue weighted by molar-refractivity contribution is 5.85. The number of benzene rings is 1. The number of nitrogens with zero attached hydrogens (tertiary/aromatic N) is 1. The number of hydrogen-bond acceptors (Lipinski definition) is 2. The Morgan fingerprint density at radius 1 is 1.35 bits per heavy atom. The average molecular weight is 270 g/mol. The Labute approximate surface area is 119 Å². The van der Waals surface area contributed by atoms with Gasteiger partial charge in [-0.2, -0.15) is 0 Å². The molecular formula is C17H22N2O. The van der Waals surface area contributed by atoms with Crippen molar-refractivity contribution in [3.8, 4) is 0 Å². The molecule has 2 aromatic rings. The first-order chi connectivity index (χ1) is 9.73. The number of hydrogen-bond donors (Lipinski definition) is 2. The van der Waals surface area contributed by atoms with Crippen molar-refractivity contribution in [2.45, 2.75) is 32.2 Å². The van der Waals surface area contributed by atoms with Crippen LogP contribution in [0.4, 0.5) is 0 Å². The minimum Gasteiger partial charge on any atom is -0.396 e. The van der Waals surface area contributed by atoms with E-state index in [1.54, 1.807) is 0 Å². The summed E-state index contributed by atoms with van der Waals surface area (Å²) in [7, 11) is 0. The molecule has 3 heterocycles. The largest absolute Gasteiger partial charge is 0.396 e. The van der Waals surface area contributed by atoms with Gasteiger partial charge in [0, 0.05) is 28.6 Å². The van der Waals surface area contributed by atoms with E-state index >= 15 is 0 Å². The number of para-hydroxylation sites is 1. The number of rotatable bonds is 1. The van der Waals surface area contributed by atoms with Crippen LogP contribution in [0, 0.1) is 5.41 Å². The smallest absolute Gasteiger partial charge is 0.0577 e. The molecule has 0 spiro atoms. The van der Waals surface area contributed by atoms with Gasteiger partial charge >= 0.3 is 0 Å². The van der Waals surface area contributed by atoms with E-state index in [9.17, 15) is 5.11 Å². The molecule has 1 fully saturated rings. The molecule has 20 heavy (non-hydrogen) atoms. The van der Waals surface area contributed by atoms with Crippen LogP contribution in [0.3, 0.4) is 0 Å². The van der Waals surface area contributed by atoms with Crippen molar-refractivity contribution in [2.75, 3.05) is 19.7 Å². The Morgan fingerprint density at radius 2 is 2.20 bits per heavy atom. The van der Waals surface area contributed by atoms with Gasteiger partial charge in [0.2, 0.25) is 0 Å². The number of fused-ring (bicyclic) bond motifs is 5. The maximum Gasteiger partial charge on any atom is 0.0577 e. The van der Waals surface area contributed by atoms with Crippen molar-refractivity contribution >= 4 is 10.9 Å². The number of H-pyrrole nitrogens is 1. The summed E-state index contributed by atoms with van der Waals surface area (Å²) in [6.45, 7) is 4.79. The second-order valence-corrected chi connectivity index (χ2v) is 6.67. The van der Waals surface area contributed by atoms with Gasteiger partial charge < -0.3 is 10.1 Å². The van der Waals surface area contributed by atoms with E-state index in [0.717, 1.165) is 25.9 Å². The lowest BCUT2D eigenvalue weighted by Gasteiger charge is -2.49. The molecule has 0 unspecified atom stereocenters. The van der Waals surface area contributed by atoms with Crippen LogP contribution in [0.5, 0.6) is 0 Å². The number of aromatic amines is 1. The quantitative estimate of drug-likeness (QED) is 0.836. The fraction of sp³-hybridized carbons (Fsp3) is 0.529. The second-order valence-electron chi connectivity index (χ2n) is 6.67. The van der Waals surface area contributed by atoms with Gasteiger partial charge in [0.1, 0.15) is 0 Å². The Bertz CT molecular complexity index is 647. The summed E-state index contributed by atoms with van der Waals surface area (Å²) in [5.74, 6) is 0. The number of nitrogens with one attached hydrogen (secondary N) is 1. The van der Waals surface area contributed by atoms with Gasteiger partial charge in [0.25, 0.3) is 0 Å². The number of aliphatic hydroxyl groups excluding tert-OH is 1. The Kier molecular flexibility index (Phi) is 2.69. The molecule has 2 aliphatic rings. The van der Waals surface area contributed by atoms with Crippen LogP contribution in [0.25, 0.3) is 10.9 Å². The van der Waals surface area contributed by atoms with Gasteiger partial charge in [-0.05, 0) is 37.4 Å². The highest BCUT2D eigenvalue weighted by atomic mass is 16.3. The standard InChI is InChI=1S/C17H22N2O/c1-17(11-20)8-4-9-19-10-7-13-12-5-2-3-6-14(12)18-15(13)16(17)19/h2-3,5-6,16,18,20H,4,7-11H2,1H3/t16-,17-/m0/s1. The average Bonchev–Trinajstić information content (AvgIpc) is 2.85. The highest BCUT2D eigenvalue weighted by Gasteiger charge is 2.45. The fourth-order valence-corrected chi connectivity index (χ4v) is 4.31. The van der Waals surface area contributed by atoms with Gasteiger partial charge in [0.15, 0.2) is 0 Å². The van der Waals surface area contributed by atoms with Crippen LogP contribution in [0.1, 0.15) is 37.1 Å². The summed E-state index contributed by atoms with van der Waals surface area (Å²) in [4.78, 5) is 6.22. The zero-order chi connectivity index (χ0) is 13.7. The van der Waals surface area contributed by atoms with Gasteiger partial charge in [-0.25, -0.2) is 0 Å². The molecule has 3 nitrogen and oxygen atoms in total. The first kappa shape index (κ1) is 12.4. The maximum absolute atomic E-state index is 9.95. The molecule has 0 aliphatic carbocycles. The highest BCUT2D eigenvalue weighted by Crippen LogP contribution is 2.49. The molecular weight excluding hydrogens is 248 g/mol. The lowest BCUT2D eigenvalue weighted by Crippen LogP contribution is -2.49. The van der Waals surface area contributed by atoms with Crippen LogP contribution in [0.15, 0.2) is 24.3 Å². The van der Waals surface area contributed by atoms with E-state index in [0.29, 0.717) is 6.04 Å². The van der Waals surface area contributed by atoms with E-state index in [1.165, 1.54) is 28.6 Å². The van der Waals surface area contributed by atoms with Gasteiger partial charge in [-0.1, -0.05) is 25.1 Å². The first-order valence-electron chi connectivity index (χ1n) is 7.67. The summed E-state index contributed by atoms with van der Waals surface area (Å²) in [5.41, 5.74) is 4.05. The molecule has 0 radical (unpaired) electrons. The van der Waals surface area contributed by atoms with Crippen LogP contribution in [-0.2, 0) is 6.42 Å². The van der Waals surface area contributed by atoms with Crippen molar-refractivity contribution in [1.29, 1.82) is 0 Å². The van der Waals surface area contributed by atoms with Crippen molar-refractivity contribution in [2.24, 2.45) is 5.41 Å². The zero-order valence-corrected chi connectivity index (χ0v) is 12.0. The maximum atomic E-state index is 9.95. The molecule has 1 saturated heterocycles. The van der Waals surface area contributed by atoms with E-state index in [4.69, 9.17) is 0 Å². The first-order valence-corrected chi connectivity index (χ1v) is 7.67. The molecule has 2 N–H and O–H groups in total. The van der Waals surface area contributed by atoms with Crippen molar-refractivity contribution < 1.29 is 5.11 Å². The molecule has 2 atom stereocenters. The second kappa shape index (κ2) is 4.34.